The fourth-order valence-corrected chi connectivity index (χ4v) is 16.8. The molecule has 5 fully saturated rings. The van der Waals surface area contributed by atoms with E-state index >= 15 is 28.8 Å². The average Bonchev–Trinajstić information content (AvgIpc) is 0.755. The third-order valence-electron chi connectivity index (χ3n) is 21.8. The Bertz CT molecular complexity index is 4700. The van der Waals surface area contributed by atoms with Gasteiger partial charge in [-0.2, -0.15) is 0 Å². The number of imide groups is 1. The summed E-state index contributed by atoms with van der Waals surface area (Å²) in [7, 11) is 1.47. The van der Waals surface area contributed by atoms with Gasteiger partial charge in [0.1, 0.15) is 107 Å². The van der Waals surface area contributed by atoms with Gasteiger partial charge in [0, 0.05) is 28.9 Å². The Morgan fingerprint density at radius 1 is 0.623 bits per heavy atom. The summed E-state index contributed by atoms with van der Waals surface area (Å²) >= 11 is 14.2. The number of halogens is 2. The van der Waals surface area contributed by atoms with Crippen molar-refractivity contribution in [2.75, 3.05) is 25.6 Å². The third kappa shape index (κ3) is 17.4. The van der Waals surface area contributed by atoms with Crippen LogP contribution in [0, 0.1) is 29.6 Å². The zero-order valence-electron chi connectivity index (χ0n) is 61.9. The van der Waals surface area contributed by atoms with Gasteiger partial charge < -0.3 is 117 Å². The molecule has 6 aliphatic heterocycles. The smallest absolute Gasteiger partial charge is 0.325 e. The number of nitrogens with one attached hydrogen (secondary N) is 10. The minimum atomic E-state index is -2.39. The molecule has 1 saturated heterocycles. The van der Waals surface area contributed by atoms with Gasteiger partial charge in [0.05, 0.1) is 35.7 Å². The van der Waals surface area contributed by atoms with Crippen molar-refractivity contribution >= 4 is 82.2 Å². The van der Waals surface area contributed by atoms with Gasteiger partial charge in [0.2, 0.25) is 59.3 Å². The number of aromatic hydroxyl groups is 3. The number of benzene rings is 6. The summed E-state index contributed by atoms with van der Waals surface area (Å²) in [6.07, 6.45) is -10.1. The fraction of sp³-hybridized carbons (Fsp3) is 0.430. The summed E-state index contributed by atoms with van der Waals surface area (Å²) in [4.78, 5) is 137. The predicted molar refractivity (Wildman–Crippen MR) is 404 cm³/mol. The first-order chi connectivity index (χ1) is 54.4. The maximum absolute atomic E-state index is 16.4. The Morgan fingerprint density at radius 3 is 1.85 bits per heavy atom. The summed E-state index contributed by atoms with van der Waals surface area (Å²) in [5, 5.41) is 130. The second-order valence-electron chi connectivity index (χ2n) is 30.2. The number of aliphatic hydroxyl groups excluding tert-OH is 6. The highest BCUT2D eigenvalue weighted by molar-refractivity contribution is 6.32. The summed E-state index contributed by atoms with van der Waals surface area (Å²) in [5.74, 6) is -13.1. The lowest BCUT2D eigenvalue weighted by molar-refractivity contribution is -0.277. The van der Waals surface area contributed by atoms with Crippen LogP contribution >= 0.6 is 23.2 Å². The number of rotatable bonds is 16. The second kappa shape index (κ2) is 34.2. The average molecular weight is 1620 g/mol. The number of anilines is 1. The van der Waals surface area contributed by atoms with Gasteiger partial charge in [0.25, 0.3) is 0 Å². The van der Waals surface area contributed by atoms with Crippen LogP contribution in [0.1, 0.15) is 130 Å². The summed E-state index contributed by atoms with van der Waals surface area (Å²) < 4.78 is 31.0. The number of hydrogen-bond acceptors (Lipinski definition) is 24. The maximum atomic E-state index is 16.4. The molecule has 33 nitrogen and oxygen atoms in total. The van der Waals surface area contributed by atoms with Crippen molar-refractivity contribution in [2.45, 2.75) is 163 Å². The van der Waals surface area contributed by atoms with E-state index in [0.717, 1.165) is 86.7 Å². The molecule has 19 N–H and O–H groups in total. The zero-order valence-corrected chi connectivity index (χ0v) is 63.4. The number of amides is 10. The molecule has 606 valence electrons. The SMILES string of the molecule is CCCOc1ccc(NC(=O)NC(=O)CC2NC(=O)C(NC(=O)[C@@H](CC(C)C)NC)[C@H](O)c3ccc(c(Cl)c3)Oc3cc4cc(c3O[C@H]3O[C@H](CO)[C@@H](O)[C@H](O)[C@H]3O)Oc3ccc(cc3Cl)[C@@H](O)[C@@H]3NC(=O)[C@H](NC(=O)C4NC2=O)c2ccc(O)c(c2)-c2c(O)cc(O)cc2[C@H](C(=O)NC2C4CC5CC(C4)CC2C5)NC3=O)cc1. The van der Waals surface area contributed by atoms with E-state index in [1.54, 1.807) is 12.1 Å². The quantitative estimate of drug-likeness (QED) is 0.0639. The van der Waals surface area contributed by atoms with Crippen molar-refractivity contribution in [3.05, 3.63) is 141 Å². The Hall–Kier alpha value is -10.6. The number of fused-ring (bicyclic) bond motifs is 15. The predicted octanol–water partition coefficient (Wildman–Crippen LogP) is 4.38. The van der Waals surface area contributed by atoms with Crippen LogP contribution in [0.2, 0.25) is 10.0 Å². The third-order valence-corrected chi connectivity index (χ3v) is 22.4. The van der Waals surface area contributed by atoms with E-state index in [1.165, 1.54) is 43.4 Å². The topological polar surface area (TPSA) is 502 Å². The van der Waals surface area contributed by atoms with Gasteiger partial charge in [-0.05, 0) is 188 Å². The lowest BCUT2D eigenvalue weighted by Gasteiger charge is -2.54. The number of hydrogen-bond donors (Lipinski definition) is 19. The number of ether oxygens (including phenoxy) is 5. The molecule has 10 amide bonds. The van der Waals surface area contributed by atoms with Crippen LogP contribution in [-0.4, -0.2) is 180 Å². The highest BCUT2D eigenvalue weighted by Gasteiger charge is 2.51. The number of phenols is 3. The van der Waals surface area contributed by atoms with Crippen molar-refractivity contribution < 1.29 is 113 Å². The molecule has 4 saturated carbocycles. The van der Waals surface area contributed by atoms with Gasteiger partial charge in [-0.25, -0.2) is 4.79 Å². The van der Waals surface area contributed by atoms with Crippen molar-refractivity contribution in [1.29, 1.82) is 0 Å². The van der Waals surface area contributed by atoms with Crippen LogP contribution in [0.4, 0.5) is 10.5 Å². The zero-order chi connectivity index (χ0) is 81.4. The molecule has 6 aromatic carbocycles. The first-order valence-electron chi connectivity index (χ1n) is 37.4. The molecule has 10 aliphatic rings. The number of aliphatic hydroxyl groups is 6. The van der Waals surface area contributed by atoms with Crippen molar-refractivity contribution in [3.8, 4) is 62.9 Å². The Balaban J connectivity index is 0.991. The fourth-order valence-electron chi connectivity index (χ4n) is 16.3. The van der Waals surface area contributed by atoms with Crippen LogP contribution in [0.3, 0.4) is 0 Å². The highest BCUT2D eigenvalue weighted by atomic mass is 35.5. The van der Waals surface area contributed by atoms with Crippen LogP contribution in [0.25, 0.3) is 11.1 Å². The second-order valence-corrected chi connectivity index (χ2v) is 31.0. The molecule has 4 aliphatic carbocycles. The van der Waals surface area contributed by atoms with Gasteiger partial charge in [-0.3, -0.25) is 43.7 Å². The summed E-state index contributed by atoms with van der Waals surface area (Å²) in [5.41, 5.74) is -2.05. The van der Waals surface area contributed by atoms with Gasteiger partial charge in [-0.1, -0.05) is 62.2 Å². The lowest BCUT2D eigenvalue weighted by atomic mass is 9.54. The Morgan fingerprint density at radius 2 is 1.24 bits per heavy atom. The van der Waals surface area contributed by atoms with E-state index in [0.29, 0.717) is 30.6 Å². The molecule has 35 heteroatoms. The molecule has 0 radical (unpaired) electrons. The molecule has 0 spiro atoms. The van der Waals surface area contributed by atoms with E-state index in [9.17, 15) is 60.3 Å². The van der Waals surface area contributed by atoms with Gasteiger partial charge in [0.15, 0.2) is 11.5 Å². The molecule has 6 heterocycles. The van der Waals surface area contributed by atoms with E-state index in [-0.39, 0.29) is 85.8 Å². The molecule has 114 heavy (non-hydrogen) atoms. The minimum Gasteiger partial charge on any atom is -0.508 e. The van der Waals surface area contributed by atoms with Crippen LogP contribution in [0.5, 0.6) is 51.7 Å². The Kier molecular flexibility index (Phi) is 24.4. The monoisotopic (exact) mass is 1610 g/mol. The first-order valence-corrected chi connectivity index (χ1v) is 38.2. The van der Waals surface area contributed by atoms with Gasteiger partial charge in [-0.15, -0.1) is 0 Å². The largest absolute Gasteiger partial charge is 0.508 e. The highest BCUT2D eigenvalue weighted by Crippen LogP contribution is 2.55. The normalized spacial score (nSPS) is 28.0. The minimum absolute atomic E-state index is 0.0665. The van der Waals surface area contributed by atoms with Crippen molar-refractivity contribution in [3.63, 3.8) is 0 Å². The molecule has 16 rings (SSSR count). The number of carbonyl (C=O) groups excluding carboxylic acids is 9. The number of urea groups is 1. The molecule has 15 bridgehead atoms. The number of carbonyl (C=O) groups is 9. The van der Waals surface area contributed by atoms with E-state index in [4.69, 9.17) is 46.9 Å². The molecule has 6 aromatic rings. The van der Waals surface area contributed by atoms with Crippen LogP contribution in [0.15, 0.2) is 103 Å². The van der Waals surface area contributed by atoms with Crippen LogP contribution in [-0.2, 0) is 43.1 Å². The van der Waals surface area contributed by atoms with Crippen LogP contribution < -0.4 is 72.1 Å². The van der Waals surface area contributed by atoms with Gasteiger partial charge >= 0.3 is 6.03 Å². The molecule has 14 atom stereocenters. The maximum Gasteiger partial charge on any atom is 0.325 e. The molecule has 3 unspecified atom stereocenters. The molecular formula is C79H88Cl2N10O23. The summed E-state index contributed by atoms with van der Waals surface area (Å²) in [6.45, 7) is 4.97. The van der Waals surface area contributed by atoms with Crippen molar-refractivity contribution in [2.24, 2.45) is 29.6 Å². The van der Waals surface area contributed by atoms with E-state index < -0.39 is 197 Å². The first kappa shape index (κ1) is 81.4. The number of phenolic OH excluding ortho intramolecular Hbond substituents is 3. The molecule has 0 aromatic heterocycles. The lowest BCUT2D eigenvalue weighted by Crippen LogP contribution is -2.60. The summed E-state index contributed by atoms with van der Waals surface area (Å²) in [6, 6.07) is 4.74. The molecular weight excluding hydrogens is 1530 g/mol. The number of likely N-dealkylation sites (N-methyl/N-ethyl adjacent to an activating group) is 1. The standard InChI is InChI=1S/C79H88Cl2N10O23/c1-5-16-110-43-11-9-41(10-12-43)83-79(109)85-57(96)30-49-72(103)87-61-40-26-54(111-52-14-7-36(24-46(52)80)65(97)63(76(107)84-49)90-71(102)48(82-4)17-32(2)3)70(114-78-69(101)68(100)67(99)56(31-92)113-78)55(27-40)112-53-15-8-37(25-47(53)81)66(98)64-77(108)89-62(75(106)86-59-38-19-33-18-34(21-38)22-39(59)20-33)45-28-42(93)29-51(95)58(45)44-23-35(6-13-50(44)94)60(73(104)91-64)88-74(61)105/h6-15,23-29,32-34,38-39,48-49,56,59-69,78,82,92-95,97-101H,5,16-22,30-31H2,1-4H3,(H,84,107)(H,86,106)(H,87,103)(H,88,105)(H,89,108)(H,90,102)(H,91,104)(H2,83,85,96,109)/t33?,34?,38?,39?,48-,49?,56-,59?,60-,61?,62-,63?,64+,65-,66-,67-,68+,69-,78-/m1/s1. The van der Waals surface area contributed by atoms with Crippen molar-refractivity contribution in [1.82, 2.24) is 47.9 Å². The Labute approximate surface area is 662 Å². The van der Waals surface area contributed by atoms with E-state index in [1.807, 2.05) is 20.8 Å². The van der Waals surface area contributed by atoms with E-state index in [2.05, 4.69) is 53.2 Å².